The van der Waals surface area contributed by atoms with Gasteiger partial charge in [0.05, 0.1) is 24.9 Å². The van der Waals surface area contributed by atoms with E-state index in [0.29, 0.717) is 12.2 Å². The summed E-state index contributed by atoms with van der Waals surface area (Å²) in [7, 11) is 0. The summed E-state index contributed by atoms with van der Waals surface area (Å²) in [6, 6.07) is 0. The van der Waals surface area contributed by atoms with Gasteiger partial charge < -0.3 is 14.2 Å². The van der Waals surface area contributed by atoms with Crippen molar-refractivity contribution in [3.05, 3.63) is 0 Å². The van der Waals surface area contributed by atoms with E-state index in [9.17, 15) is 0 Å². The number of rotatable bonds is 4. The summed E-state index contributed by atoms with van der Waals surface area (Å²) in [6.45, 7) is 7.89. The highest BCUT2D eigenvalue weighted by molar-refractivity contribution is 4.90. The fourth-order valence-electron chi connectivity index (χ4n) is 1.41. The van der Waals surface area contributed by atoms with Crippen molar-refractivity contribution in [2.75, 3.05) is 13.2 Å². The number of hydrogen-bond acceptors (Lipinski definition) is 3. The molecular weight excluding hydrogens is 156 g/mol. The van der Waals surface area contributed by atoms with Crippen LogP contribution in [0.4, 0.5) is 0 Å². The molecule has 0 aliphatic carbocycles. The van der Waals surface area contributed by atoms with Crippen molar-refractivity contribution in [2.45, 2.75) is 44.7 Å². The van der Waals surface area contributed by atoms with Crippen molar-refractivity contribution in [1.82, 2.24) is 0 Å². The van der Waals surface area contributed by atoms with Gasteiger partial charge in [-0.15, -0.1) is 0 Å². The molecule has 0 saturated carbocycles. The number of ether oxygens (including phenoxy) is 3. The summed E-state index contributed by atoms with van der Waals surface area (Å²) in [5.41, 5.74) is -0.147. The van der Waals surface area contributed by atoms with Crippen LogP contribution in [0, 0.1) is 0 Å². The minimum absolute atomic E-state index is 0.147. The summed E-state index contributed by atoms with van der Waals surface area (Å²) >= 11 is 0. The maximum Gasteiger partial charge on any atom is 0.109 e. The zero-order valence-corrected chi connectivity index (χ0v) is 7.87. The lowest BCUT2D eigenvalue weighted by Crippen LogP contribution is -2.36. The summed E-state index contributed by atoms with van der Waals surface area (Å²) in [5.74, 6) is 0. The third-order valence-electron chi connectivity index (χ3n) is 2.48. The fourth-order valence-corrected chi connectivity index (χ4v) is 1.41. The maximum atomic E-state index is 5.84. The first-order valence-corrected chi connectivity index (χ1v) is 4.50. The van der Waals surface area contributed by atoms with Gasteiger partial charge in [-0.05, 0) is 20.8 Å². The molecule has 0 aromatic heterocycles. The monoisotopic (exact) mass is 172 g/mol. The summed E-state index contributed by atoms with van der Waals surface area (Å²) in [6.07, 6.45) is 0.811. The van der Waals surface area contributed by atoms with E-state index in [1.165, 1.54) is 0 Å². The molecule has 2 saturated heterocycles. The first kappa shape index (κ1) is 8.48. The molecule has 0 amide bonds. The highest BCUT2D eigenvalue weighted by atomic mass is 16.6. The Hall–Kier alpha value is -0.120. The molecule has 0 aromatic carbocycles. The molecular formula is C9H16O3. The Balaban J connectivity index is 1.82. The van der Waals surface area contributed by atoms with Crippen LogP contribution < -0.4 is 0 Å². The molecule has 2 aliphatic rings. The lowest BCUT2D eigenvalue weighted by molar-refractivity contribution is -0.0862. The van der Waals surface area contributed by atoms with Crippen LogP contribution in [0.2, 0.25) is 0 Å². The molecule has 12 heavy (non-hydrogen) atoms. The third-order valence-corrected chi connectivity index (χ3v) is 2.48. The van der Waals surface area contributed by atoms with Gasteiger partial charge in [0.1, 0.15) is 12.2 Å². The molecule has 0 aromatic rings. The van der Waals surface area contributed by atoms with Crippen LogP contribution in [0.3, 0.4) is 0 Å². The summed E-state index contributed by atoms with van der Waals surface area (Å²) < 4.78 is 16.2. The van der Waals surface area contributed by atoms with E-state index >= 15 is 0 Å². The SMILES string of the molecule is CC(OC(C)(C)C1CO1)C1CO1. The zero-order chi connectivity index (χ0) is 8.77. The fraction of sp³-hybridized carbons (Fsp3) is 1.00. The van der Waals surface area contributed by atoms with Crippen LogP contribution in [0.25, 0.3) is 0 Å². The summed E-state index contributed by atoms with van der Waals surface area (Å²) in [4.78, 5) is 0. The second-order valence-corrected chi connectivity index (χ2v) is 4.12. The van der Waals surface area contributed by atoms with Crippen molar-refractivity contribution >= 4 is 0 Å². The average Bonchev–Trinajstić information content (AvgIpc) is 2.83. The van der Waals surface area contributed by atoms with Crippen LogP contribution >= 0.6 is 0 Å². The van der Waals surface area contributed by atoms with Crippen molar-refractivity contribution in [2.24, 2.45) is 0 Å². The van der Waals surface area contributed by atoms with E-state index < -0.39 is 0 Å². The van der Waals surface area contributed by atoms with Gasteiger partial charge in [-0.3, -0.25) is 0 Å². The van der Waals surface area contributed by atoms with Gasteiger partial charge in [0.2, 0.25) is 0 Å². The van der Waals surface area contributed by atoms with Gasteiger partial charge >= 0.3 is 0 Å². The van der Waals surface area contributed by atoms with E-state index in [4.69, 9.17) is 14.2 Å². The summed E-state index contributed by atoms with van der Waals surface area (Å²) in [5, 5.41) is 0. The second-order valence-electron chi connectivity index (χ2n) is 4.12. The third kappa shape index (κ3) is 1.79. The molecule has 0 bridgehead atoms. The van der Waals surface area contributed by atoms with Crippen LogP contribution in [0.15, 0.2) is 0 Å². The Labute approximate surface area is 73.0 Å². The minimum Gasteiger partial charge on any atom is -0.370 e. The molecule has 2 fully saturated rings. The van der Waals surface area contributed by atoms with Crippen molar-refractivity contribution in [3.63, 3.8) is 0 Å². The molecule has 3 atom stereocenters. The first-order chi connectivity index (χ1) is 5.59. The van der Waals surface area contributed by atoms with Gasteiger partial charge in [0.25, 0.3) is 0 Å². The van der Waals surface area contributed by atoms with Gasteiger partial charge in [0, 0.05) is 0 Å². The Morgan fingerprint density at radius 1 is 1.33 bits per heavy atom. The molecule has 0 spiro atoms. The normalized spacial score (nSPS) is 36.2. The van der Waals surface area contributed by atoms with Crippen LogP contribution in [0.5, 0.6) is 0 Å². The molecule has 2 rings (SSSR count). The highest BCUT2D eigenvalue weighted by Gasteiger charge is 2.44. The molecule has 0 radical (unpaired) electrons. The van der Waals surface area contributed by atoms with E-state index in [0.717, 1.165) is 13.2 Å². The predicted octanol–water partition coefficient (Wildman–Crippen LogP) is 0.968. The maximum absolute atomic E-state index is 5.84. The van der Waals surface area contributed by atoms with Crippen LogP contribution in [-0.2, 0) is 14.2 Å². The second kappa shape index (κ2) is 2.69. The molecule has 3 heteroatoms. The quantitative estimate of drug-likeness (QED) is 0.592. The van der Waals surface area contributed by atoms with Crippen LogP contribution in [0.1, 0.15) is 20.8 Å². The van der Waals surface area contributed by atoms with Crippen LogP contribution in [-0.4, -0.2) is 37.1 Å². The lowest BCUT2D eigenvalue weighted by Gasteiger charge is -2.26. The molecule has 70 valence electrons. The predicted molar refractivity (Wildman–Crippen MR) is 44.1 cm³/mol. The van der Waals surface area contributed by atoms with E-state index in [1.807, 2.05) is 0 Å². The first-order valence-electron chi connectivity index (χ1n) is 4.50. The molecule has 3 nitrogen and oxygen atoms in total. The zero-order valence-electron chi connectivity index (χ0n) is 7.87. The molecule has 0 N–H and O–H groups in total. The van der Waals surface area contributed by atoms with E-state index in [1.54, 1.807) is 0 Å². The topological polar surface area (TPSA) is 34.3 Å². The van der Waals surface area contributed by atoms with Crippen molar-refractivity contribution in [1.29, 1.82) is 0 Å². The van der Waals surface area contributed by atoms with Gasteiger partial charge in [-0.1, -0.05) is 0 Å². The Bertz CT molecular complexity index is 171. The van der Waals surface area contributed by atoms with E-state index in [-0.39, 0.29) is 11.7 Å². The van der Waals surface area contributed by atoms with Crippen molar-refractivity contribution < 1.29 is 14.2 Å². The van der Waals surface area contributed by atoms with E-state index in [2.05, 4.69) is 20.8 Å². The molecule has 3 unspecified atom stereocenters. The number of hydrogen-bond donors (Lipinski definition) is 0. The minimum atomic E-state index is -0.147. The lowest BCUT2D eigenvalue weighted by atomic mass is 10.1. The molecule has 2 aliphatic heterocycles. The molecule has 2 heterocycles. The van der Waals surface area contributed by atoms with Gasteiger partial charge in [-0.2, -0.15) is 0 Å². The smallest absolute Gasteiger partial charge is 0.109 e. The van der Waals surface area contributed by atoms with Gasteiger partial charge in [0.15, 0.2) is 0 Å². The standard InChI is InChI=1S/C9H16O3/c1-6(7-4-10-7)12-9(2,3)8-5-11-8/h6-8H,4-5H2,1-3H3. The average molecular weight is 172 g/mol. The largest absolute Gasteiger partial charge is 0.370 e. The Morgan fingerprint density at radius 3 is 2.33 bits per heavy atom. The number of epoxide rings is 2. The Kier molecular flexibility index (Phi) is 1.90. The van der Waals surface area contributed by atoms with Gasteiger partial charge in [-0.25, -0.2) is 0 Å². The highest BCUT2D eigenvalue weighted by Crippen LogP contribution is 2.31. The Morgan fingerprint density at radius 2 is 1.92 bits per heavy atom. The van der Waals surface area contributed by atoms with Crippen molar-refractivity contribution in [3.8, 4) is 0 Å².